The molecular formula is C18H16N2O3. The first-order valence-electron chi connectivity index (χ1n) is 7.64. The first-order chi connectivity index (χ1) is 11.3. The van der Waals surface area contributed by atoms with Crippen molar-refractivity contribution in [2.45, 2.75) is 18.9 Å². The van der Waals surface area contributed by atoms with Crippen molar-refractivity contribution < 1.29 is 14.3 Å². The Bertz CT molecular complexity index is 785. The highest BCUT2D eigenvalue weighted by molar-refractivity contribution is 6.04. The topological polar surface area (TPSA) is 59.9 Å². The summed E-state index contributed by atoms with van der Waals surface area (Å²) in [5.74, 6) is 0.946. The van der Waals surface area contributed by atoms with Crippen molar-refractivity contribution in [1.29, 1.82) is 0 Å². The van der Waals surface area contributed by atoms with Crippen LogP contribution in [0, 0.1) is 0 Å². The van der Waals surface area contributed by atoms with Crippen LogP contribution in [0.1, 0.15) is 17.5 Å². The number of nitrogens with zero attached hydrogens (tertiary/aromatic N) is 1. The van der Waals surface area contributed by atoms with Gasteiger partial charge in [-0.2, -0.15) is 5.10 Å². The molecule has 0 fully saturated rings. The van der Waals surface area contributed by atoms with Gasteiger partial charge in [0.2, 0.25) is 6.10 Å². The van der Waals surface area contributed by atoms with Crippen LogP contribution in [0.15, 0.2) is 53.6 Å². The van der Waals surface area contributed by atoms with Crippen LogP contribution in [0.3, 0.4) is 0 Å². The van der Waals surface area contributed by atoms with Crippen LogP contribution in [0.4, 0.5) is 0 Å². The molecule has 0 saturated carbocycles. The van der Waals surface area contributed by atoms with Crippen LogP contribution in [0.5, 0.6) is 11.5 Å². The summed E-state index contributed by atoms with van der Waals surface area (Å²) >= 11 is 0. The zero-order valence-corrected chi connectivity index (χ0v) is 12.5. The molecule has 1 N–H and O–H groups in total. The van der Waals surface area contributed by atoms with Gasteiger partial charge < -0.3 is 9.47 Å². The summed E-state index contributed by atoms with van der Waals surface area (Å²) in [6.45, 7) is 0.185. The number of hydrogen-bond acceptors (Lipinski definition) is 4. The van der Waals surface area contributed by atoms with Gasteiger partial charge in [0.25, 0.3) is 5.91 Å². The van der Waals surface area contributed by atoms with E-state index in [1.165, 1.54) is 5.56 Å². The summed E-state index contributed by atoms with van der Waals surface area (Å²) in [5, 5.41) is 4.28. The molecule has 4 rings (SSSR count). The number of carbonyl (C=O) groups is 1. The van der Waals surface area contributed by atoms with E-state index in [4.69, 9.17) is 9.47 Å². The molecule has 0 saturated heterocycles. The minimum Gasteiger partial charge on any atom is -0.485 e. The van der Waals surface area contributed by atoms with E-state index in [9.17, 15) is 4.79 Å². The molecule has 23 heavy (non-hydrogen) atoms. The van der Waals surface area contributed by atoms with Gasteiger partial charge in [0.1, 0.15) is 6.61 Å². The summed E-state index contributed by atoms with van der Waals surface area (Å²) < 4.78 is 11.2. The fourth-order valence-corrected chi connectivity index (χ4v) is 2.87. The second-order valence-electron chi connectivity index (χ2n) is 5.56. The van der Waals surface area contributed by atoms with E-state index >= 15 is 0 Å². The minimum absolute atomic E-state index is 0.185. The smallest absolute Gasteiger partial charge is 0.284 e. The minimum atomic E-state index is -0.689. The monoisotopic (exact) mass is 308 g/mol. The summed E-state index contributed by atoms with van der Waals surface area (Å²) in [6.07, 6.45) is 1.11. The van der Waals surface area contributed by atoms with Gasteiger partial charge in [0.15, 0.2) is 11.5 Å². The molecule has 0 unspecified atom stereocenters. The van der Waals surface area contributed by atoms with Crippen LogP contribution in [-0.2, 0) is 11.2 Å². The van der Waals surface area contributed by atoms with Crippen molar-refractivity contribution >= 4 is 11.6 Å². The molecule has 1 aliphatic carbocycles. The molecule has 5 nitrogen and oxygen atoms in total. The number of carbonyl (C=O) groups excluding carboxylic acids is 1. The van der Waals surface area contributed by atoms with Crippen LogP contribution in [0.25, 0.3) is 0 Å². The number of rotatable bonds is 2. The second-order valence-corrected chi connectivity index (χ2v) is 5.56. The number of aryl methyl sites for hydroxylation is 1. The van der Waals surface area contributed by atoms with Gasteiger partial charge in [-0.05, 0) is 30.5 Å². The first-order valence-corrected chi connectivity index (χ1v) is 7.64. The second kappa shape index (κ2) is 5.76. The Labute approximate surface area is 133 Å². The van der Waals surface area contributed by atoms with Gasteiger partial charge in [-0.1, -0.05) is 36.4 Å². The summed E-state index contributed by atoms with van der Waals surface area (Å²) in [5.41, 5.74) is 5.90. The summed E-state index contributed by atoms with van der Waals surface area (Å²) in [7, 11) is 0. The molecule has 1 atom stereocenters. The zero-order valence-electron chi connectivity index (χ0n) is 12.5. The van der Waals surface area contributed by atoms with Gasteiger partial charge in [0.05, 0.1) is 5.71 Å². The number of benzene rings is 2. The van der Waals surface area contributed by atoms with E-state index in [0.717, 1.165) is 24.1 Å². The highest BCUT2D eigenvalue weighted by Gasteiger charge is 2.27. The van der Waals surface area contributed by atoms with Crippen molar-refractivity contribution in [3.05, 3.63) is 59.7 Å². The molecule has 1 heterocycles. The Morgan fingerprint density at radius 2 is 1.83 bits per heavy atom. The molecule has 2 aromatic carbocycles. The average Bonchev–Trinajstić information content (AvgIpc) is 3.02. The number of nitrogens with one attached hydrogen (secondary N) is 1. The van der Waals surface area contributed by atoms with E-state index in [2.05, 4.69) is 16.6 Å². The lowest BCUT2D eigenvalue weighted by atomic mass is 10.1. The van der Waals surface area contributed by atoms with E-state index in [1.54, 1.807) is 6.07 Å². The Morgan fingerprint density at radius 3 is 2.74 bits per heavy atom. The summed E-state index contributed by atoms with van der Waals surface area (Å²) in [6, 6.07) is 15.4. The molecule has 2 aromatic rings. The maximum Gasteiger partial charge on any atom is 0.284 e. The van der Waals surface area contributed by atoms with Gasteiger partial charge in [0, 0.05) is 5.56 Å². The fraction of sp³-hybridized carbons (Fsp3) is 0.222. The predicted molar refractivity (Wildman–Crippen MR) is 85.8 cm³/mol. The van der Waals surface area contributed by atoms with Crippen molar-refractivity contribution in [1.82, 2.24) is 5.43 Å². The van der Waals surface area contributed by atoms with Crippen molar-refractivity contribution in [2.24, 2.45) is 5.10 Å². The standard InChI is InChI=1S/C18H16N2O3/c21-18(17-11-22-15-7-3-4-8-16(15)23-17)20-19-14-10-9-12-5-1-2-6-13(12)14/h1-8,17H,9-11H2,(H,20,21)/b19-14-/t17-/m1/s1. The number of hydrazone groups is 1. The first kappa shape index (κ1) is 13.8. The van der Waals surface area contributed by atoms with Crippen LogP contribution >= 0.6 is 0 Å². The third kappa shape index (κ3) is 2.65. The average molecular weight is 308 g/mol. The lowest BCUT2D eigenvalue weighted by Crippen LogP contribution is -2.42. The lowest BCUT2D eigenvalue weighted by molar-refractivity contribution is -0.130. The molecule has 116 valence electrons. The number of ether oxygens (including phenoxy) is 2. The molecular weight excluding hydrogens is 292 g/mol. The van der Waals surface area contributed by atoms with E-state index in [-0.39, 0.29) is 12.5 Å². The van der Waals surface area contributed by atoms with E-state index in [1.807, 2.05) is 36.4 Å². The molecule has 1 aliphatic heterocycles. The Kier molecular flexibility index (Phi) is 3.46. The normalized spacial score (nSPS) is 20.2. The molecule has 0 radical (unpaired) electrons. The van der Waals surface area contributed by atoms with Crippen LogP contribution < -0.4 is 14.9 Å². The van der Waals surface area contributed by atoms with Gasteiger partial charge >= 0.3 is 0 Å². The van der Waals surface area contributed by atoms with Gasteiger partial charge in [-0.15, -0.1) is 0 Å². The van der Waals surface area contributed by atoms with Crippen LogP contribution in [0.2, 0.25) is 0 Å². The zero-order chi connectivity index (χ0) is 15.6. The highest BCUT2D eigenvalue weighted by Crippen LogP contribution is 2.30. The van der Waals surface area contributed by atoms with Crippen LogP contribution in [-0.4, -0.2) is 24.3 Å². The molecule has 5 heteroatoms. The SMILES string of the molecule is O=C(N/N=C1/CCc2ccccc21)[C@H]1COc2ccccc2O1. The number of fused-ring (bicyclic) bond motifs is 2. The van der Waals surface area contributed by atoms with Crippen molar-refractivity contribution in [3.8, 4) is 11.5 Å². The lowest BCUT2D eigenvalue weighted by Gasteiger charge is -2.24. The largest absolute Gasteiger partial charge is 0.485 e. The fourth-order valence-electron chi connectivity index (χ4n) is 2.87. The van der Waals surface area contributed by atoms with Gasteiger partial charge in [-0.25, -0.2) is 5.43 Å². The molecule has 0 aromatic heterocycles. The Hall–Kier alpha value is -2.82. The highest BCUT2D eigenvalue weighted by atomic mass is 16.6. The molecule has 0 bridgehead atoms. The van der Waals surface area contributed by atoms with Gasteiger partial charge in [-0.3, -0.25) is 4.79 Å². The molecule has 0 spiro atoms. The van der Waals surface area contributed by atoms with E-state index < -0.39 is 6.10 Å². The maximum atomic E-state index is 12.3. The quantitative estimate of drug-likeness (QED) is 0.866. The Balaban J connectivity index is 1.45. The number of hydrogen-bond donors (Lipinski definition) is 1. The third-order valence-electron chi connectivity index (χ3n) is 4.06. The third-order valence-corrected chi connectivity index (χ3v) is 4.06. The van der Waals surface area contributed by atoms with E-state index in [0.29, 0.717) is 11.5 Å². The molecule has 2 aliphatic rings. The number of amides is 1. The van der Waals surface area contributed by atoms with Crippen molar-refractivity contribution in [3.63, 3.8) is 0 Å². The maximum absolute atomic E-state index is 12.3. The molecule has 1 amide bonds. The summed E-state index contributed by atoms with van der Waals surface area (Å²) in [4.78, 5) is 12.3. The number of para-hydroxylation sites is 2. The Morgan fingerprint density at radius 1 is 1.04 bits per heavy atom. The predicted octanol–water partition coefficient (Wildman–Crippen LogP) is 2.29. The van der Waals surface area contributed by atoms with Crippen molar-refractivity contribution in [2.75, 3.05) is 6.61 Å².